The van der Waals surface area contributed by atoms with E-state index < -0.39 is 15.9 Å². The molecule has 0 spiro atoms. The third kappa shape index (κ3) is 5.58. The summed E-state index contributed by atoms with van der Waals surface area (Å²) in [5, 5.41) is 0.297. The summed E-state index contributed by atoms with van der Waals surface area (Å²) >= 11 is 5.92. The van der Waals surface area contributed by atoms with E-state index in [0.717, 1.165) is 13.0 Å². The van der Waals surface area contributed by atoms with Gasteiger partial charge in [0, 0.05) is 17.1 Å². The van der Waals surface area contributed by atoms with Crippen molar-refractivity contribution in [3.8, 4) is 11.5 Å². The van der Waals surface area contributed by atoms with Gasteiger partial charge in [-0.1, -0.05) is 11.6 Å². The Morgan fingerprint density at radius 3 is 2.66 bits per heavy atom. The molecule has 0 saturated carbocycles. The first-order chi connectivity index (χ1) is 15.2. The molecule has 2 saturated heterocycles. The van der Waals surface area contributed by atoms with Crippen LogP contribution in [0.3, 0.4) is 0 Å². The van der Waals surface area contributed by atoms with Crippen molar-refractivity contribution in [2.24, 2.45) is 5.92 Å². The molecule has 2 heterocycles. The Labute approximate surface area is 190 Å². The first-order valence-corrected chi connectivity index (χ1v) is 12.2. The number of ether oxygens (including phenoxy) is 2. The highest BCUT2D eigenvalue weighted by molar-refractivity contribution is 7.85. The normalized spacial score (nSPS) is 24.8. The van der Waals surface area contributed by atoms with Gasteiger partial charge in [-0.05, 0) is 67.8 Å². The molecule has 32 heavy (non-hydrogen) atoms. The fourth-order valence-electron chi connectivity index (χ4n) is 4.54. The maximum atomic E-state index is 13.1. The standard InChI is InChI=1S/C22H23ClFNO6S/c23-16-1-6-21(15(9-16)13-32(27,28)29)30-12-20(26)22-14-7-8-25(22)11-19(10-14)31-18-4-2-17(24)3-5-18/h1-6,9,14,19,22H,7-8,10-13H2,(H,27,28,29). The Morgan fingerprint density at radius 1 is 1.22 bits per heavy atom. The second kappa shape index (κ2) is 9.35. The van der Waals surface area contributed by atoms with Gasteiger partial charge in [0.15, 0.2) is 5.78 Å². The van der Waals surface area contributed by atoms with Crippen molar-refractivity contribution in [1.29, 1.82) is 0 Å². The zero-order chi connectivity index (χ0) is 22.9. The third-order valence-electron chi connectivity index (χ3n) is 5.81. The Balaban J connectivity index is 1.38. The van der Waals surface area contributed by atoms with Gasteiger partial charge in [0.1, 0.15) is 35.8 Å². The van der Waals surface area contributed by atoms with E-state index in [1.807, 2.05) is 0 Å². The van der Waals surface area contributed by atoms with Crippen LogP contribution in [0.15, 0.2) is 42.5 Å². The molecule has 0 aliphatic carbocycles. The molecule has 2 fully saturated rings. The van der Waals surface area contributed by atoms with E-state index in [1.54, 1.807) is 12.1 Å². The molecule has 0 amide bonds. The lowest BCUT2D eigenvalue weighted by Crippen LogP contribution is -2.51. The van der Waals surface area contributed by atoms with Crippen molar-refractivity contribution < 1.29 is 31.6 Å². The third-order valence-corrected chi connectivity index (χ3v) is 6.72. The van der Waals surface area contributed by atoms with Crippen molar-refractivity contribution in [1.82, 2.24) is 4.90 Å². The average Bonchev–Trinajstić information content (AvgIpc) is 2.98. The lowest BCUT2D eigenvalue weighted by Gasteiger charge is -2.36. The number of ketones is 1. The van der Waals surface area contributed by atoms with Crippen LogP contribution >= 0.6 is 11.6 Å². The minimum Gasteiger partial charge on any atom is -0.489 e. The van der Waals surface area contributed by atoms with Gasteiger partial charge < -0.3 is 9.47 Å². The van der Waals surface area contributed by atoms with Crippen molar-refractivity contribution >= 4 is 27.5 Å². The van der Waals surface area contributed by atoms with Gasteiger partial charge in [0.05, 0.1) is 6.04 Å². The lowest BCUT2D eigenvalue weighted by molar-refractivity contribution is -0.128. The number of nitrogens with zero attached hydrogens (tertiary/aromatic N) is 1. The minimum absolute atomic E-state index is 0.0874. The highest BCUT2D eigenvalue weighted by Gasteiger charge is 2.45. The van der Waals surface area contributed by atoms with E-state index in [2.05, 4.69) is 4.90 Å². The van der Waals surface area contributed by atoms with Gasteiger partial charge in [-0.25, -0.2) is 4.39 Å². The molecule has 2 aromatic rings. The highest BCUT2D eigenvalue weighted by Crippen LogP contribution is 2.36. The maximum absolute atomic E-state index is 13.1. The van der Waals surface area contributed by atoms with Gasteiger partial charge in [0.2, 0.25) is 0 Å². The summed E-state index contributed by atoms with van der Waals surface area (Å²) in [6, 6.07) is 9.99. The van der Waals surface area contributed by atoms with Crippen LogP contribution in [0, 0.1) is 11.7 Å². The Bertz CT molecular complexity index is 1080. The van der Waals surface area contributed by atoms with Gasteiger partial charge in [-0.15, -0.1) is 0 Å². The number of benzene rings is 2. The largest absolute Gasteiger partial charge is 0.489 e. The van der Waals surface area contributed by atoms with E-state index in [4.69, 9.17) is 25.6 Å². The van der Waals surface area contributed by atoms with Crippen LogP contribution in [0.25, 0.3) is 0 Å². The number of hydrogen-bond acceptors (Lipinski definition) is 6. The summed E-state index contributed by atoms with van der Waals surface area (Å²) in [4.78, 5) is 15.0. The predicted molar refractivity (Wildman–Crippen MR) is 116 cm³/mol. The van der Waals surface area contributed by atoms with Gasteiger partial charge in [-0.3, -0.25) is 14.2 Å². The van der Waals surface area contributed by atoms with E-state index in [1.165, 1.54) is 30.3 Å². The molecule has 7 nitrogen and oxygen atoms in total. The Morgan fingerprint density at radius 2 is 1.97 bits per heavy atom. The van der Waals surface area contributed by atoms with Crippen molar-refractivity contribution in [3.05, 3.63) is 58.9 Å². The first kappa shape index (κ1) is 23.0. The van der Waals surface area contributed by atoms with E-state index >= 15 is 0 Å². The number of Topliss-reactive ketones (excluding diaryl/α,β-unsaturated/α-hetero) is 1. The van der Waals surface area contributed by atoms with Crippen LogP contribution in [0.4, 0.5) is 4.39 Å². The zero-order valence-corrected chi connectivity index (χ0v) is 18.7. The quantitative estimate of drug-likeness (QED) is 0.575. The number of hydrogen-bond donors (Lipinski definition) is 1. The lowest BCUT2D eigenvalue weighted by atomic mass is 9.88. The number of piperidine rings is 1. The van der Waals surface area contributed by atoms with Crippen molar-refractivity contribution in [3.63, 3.8) is 0 Å². The number of carbonyl (C=O) groups excluding carboxylic acids is 1. The molecule has 1 N–H and O–H groups in total. The van der Waals surface area contributed by atoms with Gasteiger partial charge in [-0.2, -0.15) is 8.42 Å². The van der Waals surface area contributed by atoms with Crippen LogP contribution in [0.1, 0.15) is 18.4 Å². The van der Waals surface area contributed by atoms with Crippen LogP contribution in [0.5, 0.6) is 11.5 Å². The first-order valence-electron chi connectivity index (χ1n) is 10.2. The van der Waals surface area contributed by atoms with Gasteiger partial charge in [0.25, 0.3) is 10.1 Å². The molecule has 2 aromatic carbocycles. The molecule has 0 radical (unpaired) electrons. The highest BCUT2D eigenvalue weighted by atomic mass is 35.5. The Hall–Kier alpha value is -2.20. The van der Waals surface area contributed by atoms with E-state index in [0.29, 0.717) is 23.7 Å². The van der Waals surface area contributed by atoms with Crippen molar-refractivity contribution in [2.75, 3.05) is 19.7 Å². The summed E-state index contributed by atoms with van der Waals surface area (Å²) in [6.45, 7) is 1.14. The predicted octanol–water partition coefficient (Wildman–Crippen LogP) is 3.36. The monoisotopic (exact) mass is 483 g/mol. The van der Waals surface area contributed by atoms with Crippen LogP contribution in [-0.4, -0.2) is 55.5 Å². The minimum atomic E-state index is -4.28. The average molecular weight is 484 g/mol. The molecule has 2 aliphatic heterocycles. The molecular formula is C22H23ClFNO6S. The zero-order valence-electron chi connectivity index (χ0n) is 17.1. The molecule has 10 heteroatoms. The van der Waals surface area contributed by atoms with E-state index in [-0.39, 0.29) is 47.6 Å². The summed E-state index contributed by atoms with van der Waals surface area (Å²) in [5.41, 5.74) is 0.187. The summed E-state index contributed by atoms with van der Waals surface area (Å²) in [6.07, 6.45) is 1.49. The summed E-state index contributed by atoms with van der Waals surface area (Å²) in [7, 11) is -4.28. The Kier molecular flexibility index (Phi) is 6.71. The number of carbonyl (C=O) groups is 1. The van der Waals surface area contributed by atoms with E-state index in [9.17, 15) is 17.6 Å². The van der Waals surface area contributed by atoms with Crippen molar-refractivity contribution in [2.45, 2.75) is 30.7 Å². The second-order valence-electron chi connectivity index (χ2n) is 8.15. The molecule has 172 valence electrons. The summed E-state index contributed by atoms with van der Waals surface area (Å²) < 4.78 is 56.4. The molecular weight excluding hydrogens is 461 g/mol. The summed E-state index contributed by atoms with van der Waals surface area (Å²) in [5.74, 6) is -0.169. The SMILES string of the molecule is O=C(COc1ccc(Cl)cc1CS(=O)(=O)O)C1C2CCN1CC(Oc1ccc(F)cc1)C2. The fraction of sp³-hybridized carbons (Fsp3) is 0.409. The molecule has 2 aliphatic rings. The topological polar surface area (TPSA) is 93.1 Å². The molecule has 4 atom stereocenters. The molecule has 4 unspecified atom stereocenters. The number of halogens is 2. The molecule has 0 aromatic heterocycles. The fourth-order valence-corrected chi connectivity index (χ4v) is 5.36. The smallest absolute Gasteiger partial charge is 0.269 e. The second-order valence-corrected chi connectivity index (χ2v) is 10.0. The van der Waals surface area contributed by atoms with Gasteiger partial charge >= 0.3 is 0 Å². The molecule has 4 rings (SSSR count). The van der Waals surface area contributed by atoms with Crippen LogP contribution in [-0.2, 0) is 20.7 Å². The molecule has 2 bridgehead atoms. The maximum Gasteiger partial charge on any atom is 0.269 e. The van der Waals surface area contributed by atoms with Crippen LogP contribution < -0.4 is 9.47 Å². The number of rotatable bonds is 8. The van der Waals surface area contributed by atoms with Crippen LogP contribution in [0.2, 0.25) is 5.02 Å². The number of fused-ring (bicyclic) bond motifs is 2.